The first-order valence-corrected chi connectivity index (χ1v) is 9.91. The van der Waals surface area contributed by atoms with Crippen LogP contribution in [0.4, 0.5) is 11.4 Å². The molecule has 0 bridgehead atoms. The number of halogens is 1. The van der Waals surface area contributed by atoms with E-state index in [-0.39, 0.29) is 24.2 Å². The predicted octanol–water partition coefficient (Wildman–Crippen LogP) is 4.01. The van der Waals surface area contributed by atoms with Crippen molar-refractivity contribution in [3.63, 3.8) is 0 Å². The highest BCUT2D eigenvalue weighted by molar-refractivity contribution is 9.10. The van der Waals surface area contributed by atoms with Crippen molar-refractivity contribution in [1.82, 2.24) is 0 Å². The third-order valence-electron chi connectivity index (χ3n) is 4.46. The topological polar surface area (TPSA) is 75.7 Å². The molecule has 0 spiro atoms. The fourth-order valence-corrected chi connectivity index (χ4v) is 3.23. The zero-order valence-corrected chi connectivity index (χ0v) is 17.1. The van der Waals surface area contributed by atoms with Gasteiger partial charge in [-0.15, -0.1) is 0 Å². The third kappa shape index (κ3) is 4.78. The fraction of sp³-hybridized carbons (Fsp3) is 0.286. The van der Waals surface area contributed by atoms with Gasteiger partial charge in [-0.3, -0.25) is 9.59 Å². The van der Waals surface area contributed by atoms with E-state index < -0.39 is 5.92 Å². The van der Waals surface area contributed by atoms with Crippen molar-refractivity contribution in [2.24, 2.45) is 5.92 Å². The van der Waals surface area contributed by atoms with Gasteiger partial charge in [-0.2, -0.15) is 0 Å². The van der Waals surface area contributed by atoms with Crippen LogP contribution in [0.5, 0.6) is 0 Å². The quantitative estimate of drug-likeness (QED) is 0.682. The Morgan fingerprint density at radius 3 is 2.46 bits per heavy atom. The first kappa shape index (κ1) is 20.1. The minimum atomic E-state index is -0.426. The Bertz CT molecular complexity index is 865. The molecular formula is C21H21BrN2O4. The molecule has 2 aromatic carbocycles. The molecule has 7 heteroatoms. The first-order chi connectivity index (χ1) is 13.5. The zero-order valence-electron chi connectivity index (χ0n) is 15.5. The van der Waals surface area contributed by atoms with Crippen molar-refractivity contribution in [3.8, 4) is 0 Å². The van der Waals surface area contributed by atoms with Crippen molar-refractivity contribution in [2.45, 2.75) is 19.8 Å². The summed E-state index contributed by atoms with van der Waals surface area (Å²) < 4.78 is 6.01. The Labute approximate surface area is 172 Å². The molecule has 1 heterocycles. The summed E-state index contributed by atoms with van der Waals surface area (Å²) in [7, 11) is 0. The summed E-state index contributed by atoms with van der Waals surface area (Å²) in [4.78, 5) is 38.3. The number of esters is 1. The Hall–Kier alpha value is -2.67. The standard InChI is InChI=1S/C21H21BrN2O4/c1-2-11-28-21(27)14-3-7-17(8-4-14)23-20(26)15-12-19(25)24(13-15)18-9-5-16(22)6-10-18/h3-10,15H,2,11-13H2,1H3,(H,23,26)/t15-/m0/s1. The molecule has 1 saturated heterocycles. The van der Waals surface area contributed by atoms with E-state index in [1.54, 1.807) is 29.2 Å². The molecule has 0 saturated carbocycles. The van der Waals surface area contributed by atoms with Gasteiger partial charge in [-0.25, -0.2) is 4.79 Å². The van der Waals surface area contributed by atoms with Crippen molar-refractivity contribution in [3.05, 3.63) is 58.6 Å². The number of ether oxygens (including phenoxy) is 1. The summed E-state index contributed by atoms with van der Waals surface area (Å²) in [6.45, 7) is 2.65. The first-order valence-electron chi connectivity index (χ1n) is 9.12. The zero-order chi connectivity index (χ0) is 20.1. The van der Waals surface area contributed by atoms with Crippen LogP contribution in [0.15, 0.2) is 53.0 Å². The number of rotatable bonds is 6. The maximum Gasteiger partial charge on any atom is 0.338 e. The molecule has 0 unspecified atom stereocenters. The number of hydrogen-bond acceptors (Lipinski definition) is 4. The highest BCUT2D eigenvalue weighted by atomic mass is 79.9. The van der Waals surface area contributed by atoms with Gasteiger partial charge >= 0.3 is 5.97 Å². The lowest BCUT2D eigenvalue weighted by Gasteiger charge is -2.17. The molecule has 2 amide bonds. The average Bonchev–Trinajstić information content (AvgIpc) is 3.09. The van der Waals surface area contributed by atoms with Gasteiger partial charge in [0.15, 0.2) is 0 Å². The molecule has 1 aliphatic heterocycles. The van der Waals surface area contributed by atoms with Gasteiger partial charge in [0, 0.05) is 28.8 Å². The summed E-state index contributed by atoms with van der Waals surface area (Å²) in [5, 5.41) is 2.82. The van der Waals surface area contributed by atoms with E-state index in [1.165, 1.54) is 0 Å². The van der Waals surface area contributed by atoms with Crippen LogP contribution in [0.25, 0.3) is 0 Å². The Kier molecular flexibility index (Phi) is 6.46. The summed E-state index contributed by atoms with van der Waals surface area (Å²) in [5.74, 6) is -1.10. The maximum absolute atomic E-state index is 12.6. The van der Waals surface area contributed by atoms with Crippen molar-refractivity contribution in [1.29, 1.82) is 0 Å². The molecule has 1 N–H and O–H groups in total. The van der Waals surface area contributed by atoms with E-state index in [0.717, 1.165) is 16.6 Å². The van der Waals surface area contributed by atoms with E-state index in [4.69, 9.17) is 4.74 Å². The molecule has 1 fully saturated rings. The summed E-state index contributed by atoms with van der Waals surface area (Å²) in [6.07, 6.45) is 0.931. The highest BCUT2D eigenvalue weighted by Crippen LogP contribution is 2.27. The second-order valence-electron chi connectivity index (χ2n) is 6.58. The van der Waals surface area contributed by atoms with E-state index >= 15 is 0 Å². The largest absolute Gasteiger partial charge is 0.462 e. The third-order valence-corrected chi connectivity index (χ3v) is 4.99. The molecule has 0 aliphatic carbocycles. The van der Waals surface area contributed by atoms with Gasteiger partial charge < -0.3 is 15.0 Å². The average molecular weight is 445 g/mol. The van der Waals surface area contributed by atoms with Crippen molar-refractivity contribution >= 4 is 45.1 Å². The van der Waals surface area contributed by atoms with Crippen molar-refractivity contribution < 1.29 is 19.1 Å². The number of carbonyl (C=O) groups excluding carboxylic acids is 3. The minimum absolute atomic E-state index is 0.0727. The smallest absolute Gasteiger partial charge is 0.338 e. The molecule has 2 aromatic rings. The summed E-state index contributed by atoms with van der Waals surface area (Å²) >= 11 is 3.37. The van der Waals surface area contributed by atoms with Crippen molar-refractivity contribution in [2.75, 3.05) is 23.4 Å². The van der Waals surface area contributed by atoms with Crippen LogP contribution < -0.4 is 10.2 Å². The van der Waals surface area contributed by atoms with Gasteiger partial charge in [-0.1, -0.05) is 22.9 Å². The van der Waals surface area contributed by atoms with Crippen LogP contribution >= 0.6 is 15.9 Å². The second kappa shape index (κ2) is 9.01. The monoisotopic (exact) mass is 444 g/mol. The predicted molar refractivity (Wildman–Crippen MR) is 110 cm³/mol. The molecule has 6 nitrogen and oxygen atoms in total. The van der Waals surface area contributed by atoms with E-state index in [2.05, 4.69) is 21.2 Å². The van der Waals surface area contributed by atoms with Gasteiger partial charge in [-0.05, 0) is 55.0 Å². The molecule has 1 aliphatic rings. The molecular weight excluding hydrogens is 424 g/mol. The summed E-state index contributed by atoms with van der Waals surface area (Å²) in [6, 6.07) is 14.0. The molecule has 0 radical (unpaired) electrons. The Morgan fingerprint density at radius 2 is 1.82 bits per heavy atom. The number of benzene rings is 2. The molecule has 3 rings (SSSR count). The molecule has 28 heavy (non-hydrogen) atoms. The molecule has 146 valence electrons. The maximum atomic E-state index is 12.6. The molecule has 0 aromatic heterocycles. The molecule has 1 atom stereocenters. The number of amides is 2. The number of carbonyl (C=O) groups is 3. The lowest BCUT2D eigenvalue weighted by molar-refractivity contribution is -0.122. The number of hydrogen-bond donors (Lipinski definition) is 1. The van der Waals surface area contributed by atoms with E-state index in [9.17, 15) is 14.4 Å². The normalized spacial score (nSPS) is 16.1. The highest BCUT2D eigenvalue weighted by Gasteiger charge is 2.35. The summed E-state index contributed by atoms with van der Waals surface area (Å²) in [5.41, 5.74) is 1.79. The van der Waals surface area contributed by atoms with Gasteiger partial charge in [0.2, 0.25) is 11.8 Å². The minimum Gasteiger partial charge on any atom is -0.462 e. The lowest BCUT2D eigenvalue weighted by Crippen LogP contribution is -2.28. The number of nitrogens with one attached hydrogen (secondary N) is 1. The van der Waals surface area contributed by atoms with Gasteiger partial charge in [0.05, 0.1) is 18.1 Å². The Morgan fingerprint density at radius 1 is 1.14 bits per heavy atom. The van der Waals surface area contributed by atoms with Gasteiger partial charge in [0.25, 0.3) is 0 Å². The van der Waals surface area contributed by atoms with Crippen LogP contribution in [-0.2, 0) is 14.3 Å². The van der Waals surface area contributed by atoms with E-state index in [0.29, 0.717) is 24.4 Å². The second-order valence-corrected chi connectivity index (χ2v) is 7.50. The SMILES string of the molecule is CCCOC(=O)c1ccc(NC(=O)[C@H]2CC(=O)N(c3ccc(Br)cc3)C2)cc1. The van der Waals surface area contributed by atoms with Gasteiger partial charge in [0.1, 0.15) is 0 Å². The van der Waals surface area contributed by atoms with E-state index in [1.807, 2.05) is 31.2 Å². The van der Waals surface area contributed by atoms with Crippen LogP contribution in [0.2, 0.25) is 0 Å². The number of nitrogens with zero attached hydrogens (tertiary/aromatic N) is 1. The van der Waals surface area contributed by atoms with Crippen LogP contribution in [0.1, 0.15) is 30.1 Å². The lowest BCUT2D eigenvalue weighted by atomic mass is 10.1. The Balaban J connectivity index is 1.60. The van der Waals surface area contributed by atoms with Crippen LogP contribution in [0, 0.1) is 5.92 Å². The fourth-order valence-electron chi connectivity index (χ4n) is 2.97. The number of anilines is 2. The van der Waals surface area contributed by atoms with Crippen LogP contribution in [-0.4, -0.2) is 30.9 Å². The van der Waals surface area contributed by atoms with Crippen LogP contribution in [0.3, 0.4) is 0 Å².